The van der Waals surface area contributed by atoms with Crippen LogP contribution < -0.4 is 4.90 Å². The standard InChI is InChI=1S/C21H17FN6OS2/c1-13-23-18(11-30-13)14-5-6-19-15(9-14)7-8-27(19)20(29)12-31-21-24-25-26-28(21)17-4-2-3-16(22)10-17/h2-6,9-11H,7-8,12H2,1H3. The van der Waals surface area contributed by atoms with Crippen LogP contribution in [0.25, 0.3) is 16.9 Å². The quantitative estimate of drug-likeness (QED) is 0.427. The maximum absolute atomic E-state index is 13.5. The number of thiazole rings is 1. The third kappa shape index (κ3) is 3.96. The lowest BCUT2D eigenvalue weighted by Gasteiger charge is -2.17. The summed E-state index contributed by atoms with van der Waals surface area (Å²) in [5.74, 6) is -0.210. The minimum Gasteiger partial charge on any atom is -0.311 e. The Hall–Kier alpha value is -3.11. The van der Waals surface area contributed by atoms with Gasteiger partial charge in [-0.2, -0.15) is 4.68 Å². The van der Waals surface area contributed by atoms with E-state index in [0.29, 0.717) is 17.4 Å². The first-order valence-electron chi connectivity index (χ1n) is 9.61. The van der Waals surface area contributed by atoms with Crippen LogP contribution in [0.5, 0.6) is 0 Å². The van der Waals surface area contributed by atoms with Gasteiger partial charge < -0.3 is 4.90 Å². The Morgan fingerprint density at radius 3 is 2.97 bits per heavy atom. The normalized spacial score (nSPS) is 12.9. The molecule has 3 heterocycles. The molecule has 0 N–H and O–H groups in total. The molecule has 0 spiro atoms. The Balaban J connectivity index is 1.30. The molecule has 10 heteroatoms. The summed E-state index contributed by atoms with van der Waals surface area (Å²) in [5, 5.41) is 15.1. The molecule has 156 valence electrons. The summed E-state index contributed by atoms with van der Waals surface area (Å²) in [5.41, 5.74) is 4.63. The number of fused-ring (bicyclic) bond motifs is 1. The van der Waals surface area contributed by atoms with Gasteiger partial charge in [-0.1, -0.05) is 23.9 Å². The molecule has 1 amide bonds. The number of benzene rings is 2. The van der Waals surface area contributed by atoms with Crippen LogP contribution in [-0.4, -0.2) is 43.4 Å². The number of aromatic nitrogens is 5. The lowest BCUT2D eigenvalue weighted by Crippen LogP contribution is -2.30. The molecule has 0 fully saturated rings. The Morgan fingerprint density at radius 2 is 2.16 bits per heavy atom. The van der Waals surface area contributed by atoms with Crippen molar-refractivity contribution in [3.8, 4) is 16.9 Å². The fraction of sp³-hybridized carbons (Fsp3) is 0.190. The van der Waals surface area contributed by atoms with E-state index < -0.39 is 0 Å². The summed E-state index contributed by atoms with van der Waals surface area (Å²) in [6.07, 6.45) is 0.809. The average molecular weight is 453 g/mol. The van der Waals surface area contributed by atoms with Crippen molar-refractivity contribution in [3.63, 3.8) is 0 Å². The van der Waals surface area contributed by atoms with Crippen molar-refractivity contribution in [2.45, 2.75) is 18.5 Å². The van der Waals surface area contributed by atoms with Gasteiger partial charge in [0.25, 0.3) is 0 Å². The van der Waals surface area contributed by atoms with E-state index in [-0.39, 0.29) is 17.5 Å². The van der Waals surface area contributed by atoms with Crippen molar-refractivity contribution in [3.05, 3.63) is 64.2 Å². The van der Waals surface area contributed by atoms with Gasteiger partial charge in [-0.05, 0) is 59.7 Å². The van der Waals surface area contributed by atoms with Gasteiger partial charge in [-0.3, -0.25) is 4.79 Å². The molecule has 0 saturated carbocycles. The molecule has 1 aliphatic heterocycles. The van der Waals surface area contributed by atoms with Crippen molar-refractivity contribution >= 4 is 34.7 Å². The number of carbonyl (C=O) groups excluding carboxylic acids is 1. The molecule has 0 radical (unpaired) electrons. The second-order valence-corrected chi connectivity index (χ2v) is 9.04. The number of hydrogen-bond donors (Lipinski definition) is 0. The highest BCUT2D eigenvalue weighted by atomic mass is 32.2. The van der Waals surface area contributed by atoms with Gasteiger partial charge in [0.1, 0.15) is 5.82 Å². The fourth-order valence-electron chi connectivity index (χ4n) is 3.56. The first-order chi connectivity index (χ1) is 15.1. The molecule has 0 aliphatic carbocycles. The van der Waals surface area contributed by atoms with Crippen LogP contribution in [0.1, 0.15) is 10.6 Å². The van der Waals surface area contributed by atoms with Gasteiger partial charge in [0.05, 0.1) is 22.1 Å². The zero-order valence-corrected chi connectivity index (χ0v) is 18.2. The van der Waals surface area contributed by atoms with Crippen LogP contribution in [0.3, 0.4) is 0 Å². The maximum atomic E-state index is 13.5. The van der Waals surface area contributed by atoms with E-state index in [0.717, 1.165) is 33.9 Å². The van der Waals surface area contributed by atoms with Crippen LogP contribution in [0, 0.1) is 12.7 Å². The first-order valence-corrected chi connectivity index (χ1v) is 11.5. The van der Waals surface area contributed by atoms with Gasteiger partial charge in [0.15, 0.2) is 0 Å². The number of carbonyl (C=O) groups is 1. The predicted molar refractivity (Wildman–Crippen MR) is 118 cm³/mol. The van der Waals surface area contributed by atoms with Gasteiger partial charge in [-0.25, -0.2) is 9.37 Å². The number of anilines is 1. The summed E-state index contributed by atoms with van der Waals surface area (Å²) >= 11 is 2.86. The van der Waals surface area contributed by atoms with Crippen LogP contribution in [0.2, 0.25) is 0 Å². The van der Waals surface area contributed by atoms with E-state index in [2.05, 4.69) is 26.6 Å². The molecule has 7 nitrogen and oxygen atoms in total. The van der Waals surface area contributed by atoms with Gasteiger partial charge in [0.2, 0.25) is 11.1 Å². The third-order valence-electron chi connectivity index (χ3n) is 5.01. The number of nitrogens with zero attached hydrogens (tertiary/aromatic N) is 6. The van der Waals surface area contributed by atoms with E-state index in [1.807, 2.05) is 24.4 Å². The van der Waals surface area contributed by atoms with Crippen LogP contribution in [0.4, 0.5) is 10.1 Å². The zero-order valence-electron chi connectivity index (χ0n) is 16.5. The SMILES string of the molecule is Cc1nc(-c2ccc3c(c2)CCN3C(=O)CSc2nnnn2-c2cccc(F)c2)cs1. The number of hydrogen-bond acceptors (Lipinski definition) is 7. The molecule has 0 bridgehead atoms. The average Bonchev–Trinajstić information content (AvgIpc) is 3.51. The third-order valence-corrected chi connectivity index (χ3v) is 6.69. The highest BCUT2D eigenvalue weighted by molar-refractivity contribution is 7.99. The molecule has 0 atom stereocenters. The van der Waals surface area contributed by atoms with E-state index in [4.69, 9.17) is 0 Å². The minimum atomic E-state index is -0.374. The number of thioether (sulfide) groups is 1. The molecular weight excluding hydrogens is 435 g/mol. The summed E-state index contributed by atoms with van der Waals surface area (Å²) in [6, 6.07) is 12.1. The maximum Gasteiger partial charge on any atom is 0.237 e. The zero-order chi connectivity index (χ0) is 21.4. The number of tetrazole rings is 1. The molecule has 2 aromatic heterocycles. The van der Waals surface area contributed by atoms with E-state index in [1.54, 1.807) is 28.4 Å². The lowest BCUT2D eigenvalue weighted by atomic mass is 10.1. The van der Waals surface area contributed by atoms with Crippen molar-refractivity contribution < 1.29 is 9.18 Å². The predicted octanol–water partition coefficient (Wildman–Crippen LogP) is 3.91. The molecule has 2 aromatic carbocycles. The number of halogens is 1. The van der Waals surface area contributed by atoms with Gasteiger partial charge >= 0.3 is 0 Å². The highest BCUT2D eigenvalue weighted by Gasteiger charge is 2.26. The Morgan fingerprint density at radius 1 is 1.26 bits per heavy atom. The molecule has 4 aromatic rings. The second kappa shape index (κ2) is 8.20. The number of aryl methyl sites for hydroxylation is 1. The Kier molecular flexibility index (Phi) is 5.24. The fourth-order valence-corrected chi connectivity index (χ4v) is 4.95. The van der Waals surface area contributed by atoms with Crippen molar-refractivity contribution in [1.82, 2.24) is 25.2 Å². The second-order valence-electron chi connectivity index (χ2n) is 7.03. The minimum absolute atomic E-state index is 0.0187. The molecule has 0 unspecified atom stereocenters. The summed E-state index contributed by atoms with van der Waals surface area (Å²) in [7, 11) is 0. The summed E-state index contributed by atoms with van der Waals surface area (Å²) < 4.78 is 15.0. The monoisotopic (exact) mass is 452 g/mol. The Bertz CT molecular complexity index is 1270. The summed E-state index contributed by atoms with van der Waals surface area (Å²) in [6.45, 7) is 2.63. The first kappa shape index (κ1) is 19.8. The van der Waals surface area contributed by atoms with Gasteiger partial charge in [0, 0.05) is 23.2 Å². The molecule has 5 rings (SSSR count). The number of amides is 1. The molecular formula is C21H17FN6OS2. The van der Waals surface area contributed by atoms with Gasteiger partial charge in [-0.15, -0.1) is 16.4 Å². The van der Waals surface area contributed by atoms with Crippen molar-refractivity contribution in [2.75, 3.05) is 17.2 Å². The smallest absolute Gasteiger partial charge is 0.237 e. The van der Waals surface area contributed by atoms with E-state index in [9.17, 15) is 9.18 Å². The van der Waals surface area contributed by atoms with Crippen molar-refractivity contribution in [2.24, 2.45) is 0 Å². The van der Waals surface area contributed by atoms with E-state index in [1.165, 1.54) is 28.6 Å². The lowest BCUT2D eigenvalue weighted by molar-refractivity contribution is -0.116. The summed E-state index contributed by atoms with van der Waals surface area (Å²) in [4.78, 5) is 19.3. The van der Waals surface area contributed by atoms with Crippen LogP contribution in [-0.2, 0) is 11.2 Å². The largest absolute Gasteiger partial charge is 0.311 e. The molecule has 1 aliphatic rings. The highest BCUT2D eigenvalue weighted by Crippen LogP contribution is 2.33. The van der Waals surface area contributed by atoms with Crippen LogP contribution >= 0.6 is 23.1 Å². The Labute approximate surface area is 185 Å². The number of rotatable bonds is 5. The van der Waals surface area contributed by atoms with Crippen molar-refractivity contribution in [1.29, 1.82) is 0 Å². The molecule has 31 heavy (non-hydrogen) atoms. The van der Waals surface area contributed by atoms with E-state index >= 15 is 0 Å². The molecule has 0 saturated heterocycles. The topological polar surface area (TPSA) is 76.8 Å². The van der Waals surface area contributed by atoms with Crippen LogP contribution in [0.15, 0.2) is 53.0 Å².